The number of hydrogen-bond donors (Lipinski definition) is 0. The molecule has 0 saturated heterocycles. The Balaban J connectivity index is 0.00000361. The Kier molecular flexibility index (Phi) is 10.0. The molecule has 1 unspecified atom stereocenters. The van der Waals surface area contributed by atoms with Crippen LogP contribution < -0.4 is 9.47 Å². The molecule has 0 aliphatic rings. The maximum Gasteiger partial charge on any atom is 0.188 e. The SMILES string of the molecule is CCOc1cccc(OCC)c1C(=O)PCC(C)C.[Li]. The van der Waals surface area contributed by atoms with Gasteiger partial charge in [-0.15, -0.1) is 0 Å². The zero-order chi connectivity index (χ0) is 14.3. The Morgan fingerprint density at radius 1 is 1.15 bits per heavy atom. The van der Waals surface area contributed by atoms with Gasteiger partial charge in [0.25, 0.3) is 0 Å². The molecule has 0 aromatic heterocycles. The average Bonchev–Trinajstić information content (AvgIpc) is 2.37. The molecule has 20 heavy (non-hydrogen) atoms. The quantitative estimate of drug-likeness (QED) is 0.542. The van der Waals surface area contributed by atoms with Gasteiger partial charge in [-0.1, -0.05) is 19.9 Å². The zero-order valence-electron chi connectivity index (χ0n) is 13.2. The molecule has 0 fully saturated rings. The van der Waals surface area contributed by atoms with Crippen molar-refractivity contribution in [1.29, 1.82) is 0 Å². The monoisotopic (exact) mass is 289 g/mol. The molecule has 0 bridgehead atoms. The van der Waals surface area contributed by atoms with Crippen LogP contribution in [0.15, 0.2) is 18.2 Å². The molecule has 3 nitrogen and oxygen atoms in total. The smallest absolute Gasteiger partial charge is 0.188 e. The fourth-order valence-electron chi connectivity index (χ4n) is 1.67. The Morgan fingerprint density at radius 3 is 2.05 bits per heavy atom. The van der Waals surface area contributed by atoms with E-state index >= 15 is 0 Å². The first-order chi connectivity index (χ1) is 9.10. The topological polar surface area (TPSA) is 35.5 Å². The maximum absolute atomic E-state index is 12.4. The Bertz CT molecular complexity index is 397. The number of rotatable bonds is 8. The van der Waals surface area contributed by atoms with Gasteiger partial charge in [-0.25, -0.2) is 0 Å². The van der Waals surface area contributed by atoms with Crippen molar-refractivity contribution in [3.63, 3.8) is 0 Å². The molecule has 0 aliphatic heterocycles. The van der Waals surface area contributed by atoms with E-state index in [1.807, 2.05) is 32.0 Å². The van der Waals surface area contributed by atoms with Crippen molar-refractivity contribution in [3.05, 3.63) is 23.8 Å². The summed E-state index contributed by atoms with van der Waals surface area (Å²) in [6.45, 7) is 9.17. The molecule has 0 saturated carbocycles. The average molecular weight is 289 g/mol. The summed E-state index contributed by atoms with van der Waals surface area (Å²) in [4.78, 5) is 12.4. The largest absolute Gasteiger partial charge is 0.493 e. The molecule has 107 valence electrons. The van der Waals surface area contributed by atoms with E-state index in [-0.39, 0.29) is 33.0 Å². The molecule has 0 amide bonds. The minimum atomic E-state index is 0. The van der Waals surface area contributed by atoms with Gasteiger partial charge in [0.15, 0.2) is 5.52 Å². The van der Waals surface area contributed by atoms with Gasteiger partial charge < -0.3 is 9.47 Å². The van der Waals surface area contributed by atoms with Gasteiger partial charge in [0.2, 0.25) is 0 Å². The van der Waals surface area contributed by atoms with Crippen LogP contribution in [0.4, 0.5) is 0 Å². The summed E-state index contributed by atoms with van der Waals surface area (Å²) in [5, 5.41) is 0. The predicted molar refractivity (Wildman–Crippen MR) is 86.9 cm³/mol. The summed E-state index contributed by atoms with van der Waals surface area (Å²) < 4.78 is 11.1. The number of carbonyl (C=O) groups excluding carboxylic acids is 1. The molecule has 5 heteroatoms. The number of hydrogen-bond acceptors (Lipinski definition) is 3. The van der Waals surface area contributed by atoms with Crippen LogP contribution in [0.25, 0.3) is 0 Å². The summed E-state index contributed by atoms with van der Waals surface area (Å²) in [7, 11) is 0.267. The van der Waals surface area contributed by atoms with Gasteiger partial charge in [-0.05, 0) is 46.6 Å². The van der Waals surface area contributed by atoms with Crippen molar-refractivity contribution < 1.29 is 14.3 Å². The molecular formula is C15H23LiO3P. The minimum Gasteiger partial charge on any atom is -0.493 e. The Hall–Kier alpha value is -0.483. The van der Waals surface area contributed by atoms with Crippen molar-refractivity contribution in [2.75, 3.05) is 19.4 Å². The molecule has 1 aromatic rings. The predicted octanol–water partition coefficient (Wildman–Crippen LogP) is 3.58. The van der Waals surface area contributed by atoms with Gasteiger partial charge in [0.05, 0.1) is 13.2 Å². The molecule has 1 aromatic carbocycles. The Labute approximate surface area is 135 Å². The first-order valence-corrected chi connectivity index (χ1v) is 7.97. The zero-order valence-corrected chi connectivity index (χ0v) is 14.2. The van der Waals surface area contributed by atoms with E-state index in [9.17, 15) is 4.79 Å². The van der Waals surface area contributed by atoms with E-state index in [0.717, 1.165) is 6.16 Å². The van der Waals surface area contributed by atoms with Crippen LogP contribution in [0.1, 0.15) is 38.1 Å². The molecule has 0 aliphatic carbocycles. The van der Waals surface area contributed by atoms with Gasteiger partial charge >= 0.3 is 0 Å². The van der Waals surface area contributed by atoms with Crippen LogP contribution in [-0.2, 0) is 0 Å². The molecular weight excluding hydrogens is 266 g/mol. The second-order valence-corrected chi connectivity index (χ2v) is 5.82. The molecule has 0 heterocycles. The van der Waals surface area contributed by atoms with Crippen LogP contribution in [0.5, 0.6) is 11.5 Å². The summed E-state index contributed by atoms with van der Waals surface area (Å²) in [6.07, 6.45) is 0.908. The van der Waals surface area contributed by atoms with Gasteiger partial charge in [-0.2, -0.15) is 0 Å². The fraction of sp³-hybridized carbons (Fsp3) is 0.533. The standard InChI is InChI=1S/C15H23O3P.Li/c1-5-17-12-8-7-9-13(18-6-2)14(12)15(16)19-10-11(3)4;/h7-9,11,19H,5-6,10H2,1-4H3;. The van der Waals surface area contributed by atoms with Crippen molar-refractivity contribution in [2.24, 2.45) is 5.92 Å². The minimum absolute atomic E-state index is 0. The molecule has 1 radical (unpaired) electrons. The second-order valence-electron chi connectivity index (χ2n) is 4.60. The van der Waals surface area contributed by atoms with Crippen molar-refractivity contribution >= 4 is 33.0 Å². The molecule has 0 N–H and O–H groups in total. The van der Waals surface area contributed by atoms with Gasteiger partial charge in [0, 0.05) is 18.9 Å². The maximum atomic E-state index is 12.4. The third-order valence-corrected chi connectivity index (χ3v) is 4.08. The normalized spacial score (nSPS) is 10.7. The van der Waals surface area contributed by atoms with Crippen LogP contribution in [0, 0.1) is 5.92 Å². The van der Waals surface area contributed by atoms with Gasteiger partial charge in [0.1, 0.15) is 17.1 Å². The van der Waals surface area contributed by atoms with E-state index in [1.54, 1.807) is 0 Å². The Morgan fingerprint density at radius 2 is 1.65 bits per heavy atom. The molecule has 1 rings (SSSR count). The first kappa shape index (κ1) is 19.5. The number of ether oxygens (including phenoxy) is 2. The van der Waals surface area contributed by atoms with Crippen LogP contribution in [0.3, 0.4) is 0 Å². The van der Waals surface area contributed by atoms with E-state index in [4.69, 9.17) is 9.47 Å². The van der Waals surface area contributed by atoms with E-state index in [0.29, 0.717) is 36.2 Å². The molecule has 0 spiro atoms. The third kappa shape index (κ3) is 5.88. The summed E-state index contributed by atoms with van der Waals surface area (Å²) >= 11 is 0. The third-order valence-electron chi connectivity index (χ3n) is 2.49. The van der Waals surface area contributed by atoms with Crippen LogP contribution >= 0.6 is 8.58 Å². The van der Waals surface area contributed by atoms with E-state index in [1.165, 1.54) is 0 Å². The van der Waals surface area contributed by atoms with Crippen LogP contribution in [0.2, 0.25) is 0 Å². The second kappa shape index (κ2) is 10.3. The summed E-state index contributed by atoms with van der Waals surface area (Å²) in [5.74, 6) is 1.79. The van der Waals surface area contributed by atoms with Crippen LogP contribution in [-0.4, -0.2) is 43.8 Å². The number of benzene rings is 1. The summed E-state index contributed by atoms with van der Waals surface area (Å²) in [5.41, 5.74) is 0.728. The van der Waals surface area contributed by atoms with E-state index < -0.39 is 0 Å². The number of carbonyl (C=O) groups is 1. The summed E-state index contributed by atoms with van der Waals surface area (Å²) in [6, 6.07) is 5.52. The van der Waals surface area contributed by atoms with Crippen molar-refractivity contribution in [1.82, 2.24) is 0 Å². The molecule has 1 atom stereocenters. The van der Waals surface area contributed by atoms with Gasteiger partial charge in [-0.3, -0.25) is 4.79 Å². The van der Waals surface area contributed by atoms with Crippen molar-refractivity contribution in [3.8, 4) is 11.5 Å². The fourth-order valence-corrected chi connectivity index (χ4v) is 2.69. The van der Waals surface area contributed by atoms with E-state index in [2.05, 4.69) is 13.8 Å². The van der Waals surface area contributed by atoms with Crippen molar-refractivity contribution in [2.45, 2.75) is 27.7 Å². The first-order valence-electron chi connectivity index (χ1n) is 6.76.